The number of carbonyl (C=O) groups excluding carboxylic acids is 3. The fraction of sp³-hybridized carbons (Fsp3) is 0.500. The van der Waals surface area contributed by atoms with Gasteiger partial charge in [0.15, 0.2) is 0 Å². The van der Waals surface area contributed by atoms with Gasteiger partial charge in [0, 0.05) is 11.1 Å². The number of rotatable bonds is 2. The van der Waals surface area contributed by atoms with Gasteiger partial charge in [-0.25, -0.2) is 0 Å². The first kappa shape index (κ1) is 16.6. The minimum Gasteiger partial charge on any atom is -0.391 e. The molecular weight excluding hydrogens is 308 g/mol. The molecule has 1 aromatic carbocycles. The van der Waals surface area contributed by atoms with Crippen molar-refractivity contribution in [3.8, 4) is 0 Å². The van der Waals surface area contributed by atoms with Gasteiger partial charge >= 0.3 is 0 Å². The molecule has 2 N–H and O–H groups in total. The zero-order valence-corrected chi connectivity index (χ0v) is 14.1. The van der Waals surface area contributed by atoms with Crippen LogP contribution in [-0.4, -0.2) is 45.4 Å². The molecule has 2 aliphatic rings. The third-order valence-corrected chi connectivity index (χ3v) is 4.62. The van der Waals surface area contributed by atoms with E-state index in [2.05, 4.69) is 5.32 Å². The molecule has 6 nitrogen and oxygen atoms in total. The maximum atomic E-state index is 12.6. The minimum atomic E-state index is -0.621. The van der Waals surface area contributed by atoms with Crippen LogP contribution in [0.1, 0.15) is 71.1 Å². The van der Waals surface area contributed by atoms with Crippen LogP contribution >= 0.6 is 0 Å². The molecule has 24 heavy (non-hydrogen) atoms. The molecule has 0 bridgehead atoms. The van der Waals surface area contributed by atoms with Crippen molar-refractivity contribution in [2.24, 2.45) is 0 Å². The highest BCUT2D eigenvalue weighted by molar-refractivity contribution is 6.22. The Hall–Kier alpha value is -2.21. The molecule has 0 radical (unpaired) electrons. The van der Waals surface area contributed by atoms with Crippen LogP contribution in [0.3, 0.4) is 0 Å². The Kier molecular flexibility index (Phi) is 3.95. The second-order valence-corrected chi connectivity index (χ2v) is 7.46. The van der Waals surface area contributed by atoms with Crippen molar-refractivity contribution in [3.05, 3.63) is 34.9 Å². The van der Waals surface area contributed by atoms with Crippen LogP contribution < -0.4 is 5.32 Å². The third-order valence-electron chi connectivity index (χ3n) is 4.62. The SMILES string of the molecule is CC(C)(C)N1C(=O)c2ccc(C(=O)NC3CCCC3O)cc2C1=O. The fourth-order valence-electron chi connectivity index (χ4n) is 3.35. The van der Waals surface area contributed by atoms with E-state index in [1.807, 2.05) is 0 Å². The lowest BCUT2D eigenvalue weighted by Gasteiger charge is -2.29. The number of aliphatic hydroxyl groups is 1. The van der Waals surface area contributed by atoms with Crippen molar-refractivity contribution in [1.29, 1.82) is 0 Å². The summed E-state index contributed by atoms with van der Waals surface area (Å²) in [6.07, 6.45) is 1.78. The topological polar surface area (TPSA) is 86.7 Å². The molecule has 0 spiro atoms. The Morgan fingerprint density at radius 3 is 2.42 bits per heavy atom. The van der Waals surface area contributed by atoms with Crippen molar-refractivity contribution in [3.63, 3.8) is 0 Å². The predicted molar refractivity (Wildman–Crippen MR) is 87.8 cm³/mol. The van der Waals surface area contributed by atoms with Gasteiger partial charge in [0.05, 0.1) is 23.3 Å². The van der Waals surface area contributed by atoms with Gasteiger partial charge in [-0.05, 0) is 58.2 Å². The molecule has 2 unspecified atom stereocenters. The van der Waals surface area contributed by atoms with Gasteiger partial charge in [0.2, 0.25) is 0 Å². The van der Waals surface area contributed by atoms with Gasteiger partial charge in [0.1, 0.15) is 0 Å². The molecule has 1 aromatic rings. The van der Waals surface area contributed by atoms with E-state index in [-0.39, 0.29) is 29.3 Å². The Bertz CT molecular complexity index is 720. The van der Waals surface area contributed by atoms with Crippen molar-refractivity contribution in [2.45, 2.75) is 57.7 Å². The van der Waals surface area contributed by atoms with Crippen LogP contribution in [0.25, 0.3) is 0 Å². The van der Waals surface area contributed by atoms with Crippen molar-refractivity contribution >= 4 is 17.7 Å². The fourth-order valence-corrected chi connectivity index (χ4v) is 3.35. The molecule has 1 aliphatic heterocycles. The number of hydrogen-bond donors (Lipinski definition) is 2. The molecule has 6 heteroatoms. The molecule has 3 rings (SSSR count). The van der Waals surface area contributed by atoms with E-state index >= 15 is 0 Å². The minimum absolute atomic E-state index is 0.255. The number of imide groups is 1. The van der Waals surface area contributed by atoms with Gasteiger partial charge in [-0.1, -0.05) is 0 Å². The standard InChI is InChI=1S/C18H22N2O4/c1-18(2,3)20-16(23)11-8-7-10(9-12(11)17(20)24)15(22)19-13-5-4-6-14(13)21/h7-9,13-14,21H,4-6H2,1-3H3,(H,19,22). The molecule has 1 aliphatic carbocycles. The van der Waals surface area contributed by atoms with E-state index in [0.717, 1.165) is 12.8 Å². The summed E-state index contributed by atoms with van der Waals surface area (Å²) >= 11 is 0. The quantitative estimate of drug-likeness (QED) is 0.809. The Balaban J connectivity index is 1.86. The number of amides is 3. The first-order chi connectivity index (χ1) is 11.2. The summed E-state index contributed by atoms with van der Waals surface area (Å²) in [7, 11) is 0. The summed E-state index contributed by atoms with van der Waals surface area (Å²) in [6.45, 7) is 5.39. The van der Waals surface area contributed by atoms with Crippen LogP contribution in [0.5, 0.6) is 0 Å². The molecule has 1 fully saturated rings. The maximum Gasteiger partial charge on any atom is 0.262 e. The molecule has 3 amide bonds. The normalized spacial score (nSPS) is 23.6. The van der Waals surface area contributed by atoms with Crippen LogP contribution in [0, 0.1) is 0 Å². The van der Waals surface area contributed by atoms with Gasteiger partial charge in [-0.15, -0.1) is 0 Å². The number of carbonyl (C=O) groups is 3. The van der Waals surface area contributed by atoms with Gasteiger partial charge in [0.25, 0.3) is 17.7 Å². The number of nitrogens with one attached hydrogen (secondary N) is 1. The highest BCUT2D eigenvalue weighted by Crippen LogP contribution is 2.30. The highest BCUT2D eigenvalue weighted by atomic mass is 16.3. The Labute approximate surface area is 140 Å². The number of aliphatic hydroxyl groups excluding tert-OH is 1. The molecule has 1 heterocycles. The van der Waals surface area contributed by atoms with E-state index < -0.39 is 11.6 Å². The summed E-state index contributed by atoms with van der Waals surface area (Å²) in [4.78, 5) is 38.6. The second-order valence-electron chi connectivity index (χ2n) is 7.46. The lowest BCUT2D eigenvalue weighted by Crippen LogP contribution is -2.45. The third kappa shape index (κ3) is 2.71. The van der Waals surface area contributed by atoms with Crippen LogP contribution in [0.15, 0.2) is 18.2 Å². The number of hydrogen-bond acceptors (Lipinski definition) is 4. The van der Waals surface area contributed by atoms with Gasteiger partial charge in [-0.3, -0.25) is 19.3 Å². The Morgan fingerprint density at radius 1 is 1.17 bits per heavy atom. The van der Waals surface area contributed by atoms with E-state index in [1.165, 1.54) is 17.0 Å². The van der Waals surface area contributed by atoms with E-state index in [9.17, 15) is 19.5 Å². The summed E-state index contributed by atoms with van der Waals surface area (Å²) in [5.74, 6) is -1.04. The van der Waals surface area contributed by atoms with E-state index in [1.54, 1.807) is 26.8 Å². The summed E-state index contributed by atoms with van der Waals surface area (Å²) < 4.78 is 0. The van der Waals surface area contributed by atoms with Gasteiger partial charge in [-0.2, -0.15) is 0 Å². The van der Waals surface area contributed by atoms with E-state index in [4.69, 9.17) is 0 Å². The second kappa shape index (κ2) is 5.70. The summed E-state index contributed by atoms with van der Waals surface area (Å²) in [5, 5.41) is 12.6. The molecule has 0 aromatic heterocycles. The van der Waals surface area contributed by atoms with Crippen molar-refractivity contribution in [1.82, 2.24) is 10.2 Å². The van der Waals surface area contributed by atoms with Gasteiger partial charge < -0.3 is 10.4 Å². The van der Waals surface area contributed by atoms with Crippen molar-refractivity contribution in [2.75, 3.05) is 0 Å². The largest absolute Gasteiger partial charge is 0.391 e. The monoisotopic (exact) mass is 330 g/mol. The first-order valence-electron chi connectivity index (χ1n) is 8.22. The molecular formula is C18H22N2O4. The molecule has 1 saturated carbocycles. The van der Waals surface area contributed by atoms with Crippen LogP contribution in [0.2, 0.25) is 0 Å². The lowest BCUT2D eigenvalue weighted by atomic mass is 10.0. The van der Waals surface area contributed by atoms with Crippen LogP contribution in [-0.2, 0) is 0 Å². The lowest BCUT2D eigenvalue weighted by molar-refractivity contribution is 0.0507. The molecule has 128 valence electrons. The van der Waals surface area contributed by atoms with Crippen LogP contribution in [0.4, 0.5) is 0 Å². The molecule has 2 atom stereocenters. The average Bonchev–Trinajstić information content (AvgIpc) is 3.00. The molecule has 0 saturated heterocycles. The summed E-state index contributed by atoms with van der Waals surface area (Å²) in [5.41, 5.74) is 0.288. The zero-order valence-electron chi connectivity index (χ0n) is 14.1. The Morgan fingerprint density at radius 2 is 1.83 bits per heavy atom. The summed E-state index contributed by atoms with van der Waals surface area (Å²) in [6, 6.07) is 4.29. The van der Waals surface area contributed by atoms with Crippen molar-refractivity contribution < 1.29 is 19.5 Å². The average molecular weight is 330 g/mol. The zero-order chi connectivity index (χ0) is 17.6. The number of fused-ring (bicyclic) bond motifs is 1. The number of nitrogens with zero attached hydrogens (tertiary/aromatic N) is 1. The number of benzene rings is 1. The smallest absolute Gasteiger partial charge is 0.262 e. The maximum absolute atomic E-state index is 12.6. The first-order valence-corrected chi connectivity index (χ1v) is 8.22. The highest BCUT2D eigenvalue weighted by Gasteiger charge is 2.42. The van der Waals surface area contributed by atoms with E-state index in [0.29, 0.717) is 17.5 Å². The predicted octanol–water partition coefficient (Wildman–Crippen LogP) is 1.72.